The highest BCUT2D eigenvalue weighted by Crippen LogP contribution is 2.17. The third-order valence-electron chi connectivity index (χ3n) is 2.99. The van der Waals surface area contributed by atoms with E-state index in [-0.39, 0.29) is 18.4 Å². The minimum atomic E-state index is -0.295. The zero-order valence-corrected chi connectivity index (χ0v) is 15.9. The molecule has 0 atom stereocenters. The molecule has 0 aliphatic heterocycles. The zero-order valence-electron chi connectivity index (χ0n) is 12.7. The van der Waals surface area contributed by atoms with Crippen molar-refractivity contribution in [1.29, 1.82) is 0 Å². The number of rotatable bonds is 7. The lowest BCUT2D eigenvalue weighted by atomic mass is 10.2. The van der Waals surface area contributed by atoms with Crippen molar-refractivity contribution in [1.82, 2.24) is 10.6 Å². The highest BCUT2D eigenvalue weighted by Gasteiger charge is 2.08. The Balaban J connectivity index is 1.65. The van der Waals surface area contributed by atoms with Crippen molar-refractivity contribution in [2.45, 2.75) is 0 Å². The zero-order chi connectivity index (χ0) is 17.4. The lowest BCUT2D eigenvalue weighted by molar-refractivity contribution is -0.120. The molecule has 0 fully saturated rings. The number of ether oxygens (including phenoxy) is 1. The molecule has 5 nitrogen and oxygen atoms in total. The largest absolute Gasteiger partial charge is 0.492 e. The molecule has 7 heteroatoms. The molecule has 0 unspecified atom stereocenters. The topological polar surface area (TPSA) is 67.4 Å². The summed E-state index contributed by atoms with van der Waals surface area (Å²) in [5.41, 5.74) is 0.496. The molecule has 2 aromatic carbocycles. The monoisotopic (exact) mass is 454 g/mol. The molecule has 0 aliphatic carbocycles. The molecule has 24 heavy (non-hydrogen) atoms. The molecule has 2 N–H and O–H groups in total. The van der Waals surface area contributed by atoms with E-state index in [1.165, 1.54) is 0 Å². The van der Waals surface area contributed by atoms with E-state index in [9.17, 15) is 9.59 Å². The average Bonchev–Trinajstić information content (AvgIpc) is 2.56. The van der Waals surface area contributed by atoms with Crippen LogP contribution in [0.2, 0.25) is 0 Å². The normalized spacial score (nSPS) is 10.1. The summed E-state index contributed by atoms with van der Waals surface area (Å²) >= 11 is 6.66. The van der Waals surface area contributed by atoms with Crippen molar-refractivity contribution in [3.8, 4) is 5.75 Å². The van der Waals surface area contributed by atoms with Crippen LogP contribution >= 0.6 is 31.9 Å². The number of hydrogen-bond acceptors (Lipinski definition) is 3. The van der Waals surface area contributed by atoms with Crippen LogP contribution in [-0.2, 0) is 4.79 Å². The van der Waals surface area contributed by atoms with Crippen molar-refractivity contribution in [2.75, 3.05) is 19.7 Å². The van der Waals surface area contributed by atoms with E-state index in [4.69, 9.17) is 4.74 Å². The Morgan fingerprint density at radius 2 is 1.67 bits per heavy atom. The quantitative estimate of drug-likeness (QED) is 0.630. The van der Waals surface area contributed by atoms with Gasteiger partial charge in [0.05, 0.1) is 13.1 Å². The van der Waals surface area contributed by atoms with Gasteiger partial charge in [-0.05, 0) is 36.4 Å². The number of carbonyl (C=O) groups is 2. The van der Waals surface area contributed by atoms with Crippen LogP contribution in [0.4, 0.5) is 0 Å². The predicted molar refractivity (Wildman–Crippen MR) is 99.1 cm³/mol. The second kappa shape index (κ2) is 9.44. The van der Waals surface area contributed by atoms with Crippen molar-refractivity contribution in [2.24, 2.45) is 0 Å². The molecule has 2 rings (SSSR count). The van der Waals surface area contributed by atoms with Gasteiger partial charge in [-0.1, -0.05) is 44.0 Å². The fourth-order valence-corrected chi connectivity index (χ4v) is 2.65. The summed E-state index contributed by atoms with van der Waals surface area (Å²) in [5, 5.41) is 5.26. The van der Waals surface area contributed by atoms with E-state index in [2.05, 4.69) is 42.5 Å². The van der Waals surface area contributed by atoms with Crippen molar-refractivity contribution >= 4 is 43.7 Å². The molecular weight excluding hydrogens is 440 g/mol. The second-order valence-corrected chi connectivity index (χ2v) is 6.68. The molecule has 0 saturated carbocycles. The van der Waals surface area contributed by atoms with E-state index in [1.807, 2.05) is 30.3 Å². The fourth-order valence-electron chi connectivity index (χ4n) is 1.87. The minimum absolute atomic E-state index is 0.0811. The average molecular weight is 456 g/mol. The summed E-state index contributed by atoms with van der Waals surface area (Å²) in [7, 11) is 0. The molecule has 0 radical (unpaired) electrons. The maximum absolute atomic E-state index is 11.9. The van der Waals surface area contributed by atoms with Crippen molar-refractivity contribution in [3.63, 3.8) is 0 Å². The molecule has 126 valence electrons. The number of nitrogens with one attached hydrogen (secondary N) is 2. The van der Waals surface area contributed by atoms with Crippen LogP contribution < -0.4 is 15.4 Å². The third-order valence-corrected chi connectivity index (χ3v) is 3.97. The van der Waals surface area contributed by atoms with Crippen LogP contribution in [0.15, 0.2) is 57.5 Å². The first-order valence-electron chi connectivity index (χ1n) is 7.23. The van der Waals surface area contributed by atoms with E-state index < -0.39 is 0 Å². The standard InChI is InChI=1S/C17H16Br2N2O3/c18-13-4-1-3-12(9-13)17(23)21-11-16(22)20-7-8-24-15-6-2-5-14(19)10-15/h1-6,9-10H,7-8,11H2,(H,20,22)(H,21,23). The maximum atomic E-state index is 11.9. The second-order valence-electron chi connectivity index (χ2n) is 4.85. The third kappa shape index (κ3) is 6.33. The minimum Gasteiger partial charge on any atom is -0.492 e. The number of carbonyl (C=O) groups excluding carboxylic acids is 2. The van der Waals surface area contributed by atoms with Crippen LogP contribution in [0.5, 0.6) is 5.75 Å². The van der Waals surface area contributed by atoms with Crippen molar-refractivity contribution in [3.05, 3.63) is 63.0 Å². The van der Waals surface area contributed by atoms with Gasteiger partial charge in [0.25, 0.3) is 5.91 Å². The molecular formula is C17H16Br2N2O3. The van der Waals surface area contributed by atoms with Gasteiger partial charge in [0.1, 0.15) is 12.4 Å². The Hall–Kier alpha value is -1.86. The van der Waals surface area contributed by atoms with Crippen LogP contribution in [0.25, 0.3) is 0 Å². The molecule has 0 heterocycles. The van der Waals surface area contributed by atoms with E-state index in [1.54, 1.807) is 18.2 Å². The Labute approximate surface area is 157 Å². The van der Waals surface area contributed by atoms with Crippen LogP contribution in [0.1, 0.15) is 10.4 Å². The fraction of sp³-hybridized carbons (Fsp3) is 0.176. The van der Waals surface area contributed by atoms with Gasteiger partial charge in [-0.25, -0.2) is 0 Å². The number of amides is 2. The summed E-state index contributed by atoms with van der Waals surface area (Å²) in [6, 6.07) is 14.4. The maximum Gasteiger partial charge on any atom is 0.251 e. The Bertz CT molecular complexity index is 722. The molecule has 0 aromatic heterocycles. The van der Waals surface area contributed by atoms with Gasteiger partial charge in [0.15, 0.2) is 0 Å². The first-order valence-corrected chi connectivity index (χ1v) is 8.82. The van der Waals surface area contributed by atoms with Gasteiger partial charge >= 0.3 is 0 Å². The number of hydrogen-bond donors (Lipinski definition) is 2. The Morgan fingerprint density at radius 1 is 0.958 bits per heavy atom. The van der Waals surface area contributed by atoms with E-state index >= 15 is 0 Å². The smallest absolute Gasteiger partial charge is 0.251 e. The lowest BCUT2D eigenvalue weighted by Crippen LogP contribution is -2.38. The first kappa shape index (κ1) is 18.5. The first-order chi connectivity index (χ1) is 11.5. The molecule has 2 aromatic rings. The summed E-state index contributed by atoms with van der Waals surface area (Å²) in [6.07, 6.45) is 0. The van der Waals surface area contributed by atoms with Gasteiger partial charge in [-0.15, -0.1) is 0 Å². The van der Waals surface area contributed by atoms with Crippen molar-refractivity contribution < 1.29 is 14.3 Å². The lowest BCUT2D eigenvalue weighted by Gasteiger charge is -2.09. The van der Waals surface area contributed by atoms with E-state index in [0.717, 1.165) is 14.7 Å². The van der Waals surface area contributed by atoms with Crippen LogP contribution in [0.3, 0.4) is 0 Å². The van der Waals surface area contributed by atoms with Gasteiger partial charge in [0, 0.05) is 14.5 Å². The predicted octanol–water partition coefficient (Wildman–Crippen LogP) is 3.14. The van der Waals surface area contributed by atoms with Crippen LogP contribution in [-0.4, -0.2) is 31.5 Å². The Morgan fingerprint density at radius 3 is 2.38 bits per heavy atom. The molecule has 0 bridgehead atoms. The van der Waals surface area contributed by atoms with Crippen LogP contribution in [0, 0.1) is 0 Å². The number of benzene rings is 2. The van der Waals surface area contributed by atoms with E-state index in [0.29, 0.717) is 18.7 Å². The summed E-state index contributed by atoms with van der Waals surface area (Å²) in [4.78, 5) is 23.6. The summed E-state index contributed by atoms with van der Waals surface area (Å²) in [5.74, 6) is 0.162. The molecule has 0 aliphatic rings. The molecule has 0 saturated heterocycles. The van der Waals surface area contributed by atoms with Gasteiger partial charge < -0.3 is 15.4 Å². The van der Waals surface area contributed by atoms with Gasteiger partial charge in [0.2, 0.25) is 5.91 Å². The van der Waals surface area contributed by atoms with Gasteiger partial charge in [-0.3, -0.25) is 9.59 Å². The SMILES string of the molecule is O=C(CNC(=O)c1cccc(Br)c1)NCCOc1cccc(Br)c1. The Kier molecular flexibility index (Phi) is 7.27. The molecule has 0 spiro atoms. The molecule has 2 amide bonds. The highest BCUT2D eigenvalue weighted by molar-refractivity contribution is 9.10. The summed E-state index contributed by atoms with van der Waals surface area (Å²) < 4.78 is 7.25. The highest BCUT2D eigenvalue weighted by atomic mass is 79.9. The van der Waals surface area contributed by atoms with Gasteiger partial charge in [-0.2, -0.15) is 0 Å². The number of halogens is 2. The summed E-state index contributed by atoms with van der Waals surface area (Å²) in [6.45, 7) is 0.627.